The van der Waals surface area contributed by atoms with Crippen LogP contribution in [-0.4, -0.2) is 35.8 Å². The quantitative estimate of drug-likeness (QED) is 0.626. The molecule has 0 fully saturated rings. The van der Waals surface area contributed by atoms with Gasteiger partial charge in [-0.2, -0.15) is 0 Å². The Labute approximate surface area is 120 Å². The summed E-state index contributed by atoms with van der Waals surface area (Å²) in [4.78, 5) is 13.9. The van der Waals surface area contributed by atoms with Crippen LogP contribution >= 0.6 is 23.1 Å². The van der Waals surface area contributed by atoms with Gasteiger partial charge < -0.3 is 4.90 Å². The molecule has 0 amide bonds. The zero-order valence-corrected chi connectivity index (χ0v) is 12.7. The first-order valence-corrected chi connectivity index (χ1v) is 7.60. The van der Waals surface area contributed by atoms with Gasteiger partial charge in [-0.05, 0) is 13.0 Å². The smallest absolute Gasteiger partial charge is 0.208 e. The van der Waals surface area contributed by atoms with E-state index in [1.165, 1.54) is 23.1 Å². The molecular formula is C13H15N3OS2. The van der Waals surface area contributed by atoms with E-state index in [9.17, 15) is 4.79 Å². The topological polar surface area (TPSA) is 46.1 Å². The summed E-state index contributed by atoms with van der Waals surface area (Å²) in [6, 6.07) is 7.65. The molecule has 4 nitrogen and oxygen atoms in total. The van der Waals surface area contributed by atoms with Crippen LogP contribution in [0.2, 0.25) is 0 Å². The number of anilines is 1. The highest BCUT2D eigenvalue weighted by Crippen LogP contribution is 2.27. The summed E-state index contributed by atoms with van der Waals surface area (Å²) in [5, 5.41) is 8.95. The fraction of sp³-hybridized carbons (Fsp3) is 0.308. The lowest BCUT2D eigenvalue weighted by molar-refractivity contribution is 0.102. The molecule has 6 heteroatoms. The van der Waals surface area contributed by atoms with E-state index in [2.05, 4.69) is 10.2 Å². The van der Waals surface area contributed by atoms with Crippen LogP contribution in [0, 0.1) is 6.92 Å². The Balaban J connectivity index is 1.96. The molecule has 0 aliphatic rings. The second kappa shape index (κ2) is 6.16. The highest BCUT2D eigenvalue weighted by Gasteiger charge is 2.10. The molecule has 0 N–H and O–H groups in total. The lowest BCUT2D eigenvalue weighted by Crippen LogP contribution is -2.07. The number of thioether (sulfide) groups is 1. The minimum Gasteiger partial charge on any atom is -0.353 e. The van der Waals surface area contributed by atoms with E-state index in [1.807, 2.05) is 50.2 Å². The summed E-state index contributed by atoms with van der Waals surface area (Å²) in [5.74, 6) is 0.515. The van der Waals surface area contributed by atoms with Crippen LogP contribution in [-0.2, 0) is 0 Å². The Bertz CT molecular complexity index is 581. The molecule has 100 valence electrons. The van der Waals surface area contributed by atoms with Gasteiger partial charge in [0.15, 0.2) is 10.1 Å². The second-order valence-corrected chi connectivity index (χ2v) is 6.50. The predicted octanol–water partition coefficient (Wildman–Crippen LogP) is 2.89. The average Bonchev–Trinajstić information content (AvgIpc) is 2.85. The molecule has 1 aromatic heterocycles. The Kier molecular flexibility index (Phi) is 4.55. The molecule has 0 aliphatic carbocycles. The first kappa shape index (κ1) is 14.0. The van der Waals surface area contributed by atoms with Crippen LogP contribution in [0.5, 0.6) is 0 Å². The minimum atomic E-state index is 0.121. The molecule has 1 heterocycles. The van der Waals surface area contributed by atoms with Crippen LogP contribution < -0.4 is 4.90 Å². The first-order chi connectivity index (χ1) is 9.06. The third-order valence-corrected chi connectivity index (χ3v) is 4.67. The Morgan fingerprint density at radius 1 is 1.37 bits per heavy atom. The molecule has 0 saturated carbocycles. The molecule has 1 aromatic carbocycles. The summed E-state index contributed by atoms with van der Waals surface area (Å²) in [6.45, 7) is 1.98. The zero-order valence-electron chi connectivity index (χ0n) is 11.1. The second-order valence-electron chi connectivity index (χ2n) is 4.33. The SMILES string of the molecule is Cc1cccc(C(=O)CSc2nnc(N(C)C)s2)c1. The number of benzene rings is 1. The number of carbonyl (C=O) groups is 1. The number of nitrogens with zero attached hydrogens (tertiary/aromatic N) is 3. The van der Waals surface area contributed by atoms with Gasteiger partial charge in [0.05, 0.1) is 5.75 Å². The van der Waals surface area contributed by atoms with E-state index in [-0.39, 0.29) is 5.78 Å². The van der Waals surface area contributed by atoms with Gasteiger partial charge in [0.2, 0.25) is 5.13 Å². The van der Waals surface area contributed by atoms with Crippen molar-refractivity contribution >= 4 is 34.0 Å². The van der Waals surface area contributed by atoms with Crippen LogP contribution in [0.25, 0.3) is 0 Å². The number of rotatable bonds is 5. The number of aromatic nitrogens is 2. The molecule has 0 radical (unpaired) electrons. The van der Waals surface area contributed by atoms with Gasteiger partial charge in [-0.15, -0.1) is 10.2 Å². The zero-order chi connectivity index (χ0) is 13.8. The summed E-state index contributed by atoms with van der Waals surface area (Å²) < 4.78 is 0.824. The number of Topliss-reactive ketones (excluding diaryl/α,β-unsaturated/α-hetero) is 1. The molecule has 2 aromatic rings. The normalized spacial score (nSPS) is 10.5. The van der Waals surface area contributed by atoms with Crippen molar-refractivity contribution in [1.29, 1.82) is 0 Å². The Morgan fingerprint density at radius 2 is 2.16 bits per heavy atom. The van der Waals surface area contributed by atoms with Crippen molar-refractivity contribution in [2.45, 2.75) is 11.3 Å². The first-order valence-electron chi connectivity index (χ1n) is 5.80. The number of hydrogen-bond acceptors (Lipinski definition) is 6. The van der Waals surface area contributed by atoms with E-state index in [1.54, 1.807) is 0 Å². The largest absolute Gasteiger partial charge is 0.353 e. The highest BCUT2D eigenvalue weighted by atomic mass is 32.2. The van der Waals surface area contributed by atoms with Gasteiger partial charge in [0.1, 0.15) is 0 Å². The molecule has 0 spiro atoms. The van der Waals surface area contributed by atoms with Crippen LogP contribution in [0.3, 0.4) is 0 Å². The highest BCUT2D eigenvalue weighted by molar-refractivity contribution is 8.01. The lowest BCUT2D eigenvalue weighted by atomic mass is 10.1. The molecular weight excluding hydrogens is 278 g/mol. The van der Waals surface area contributed by atoms with E-state index in [4.69, 9.17) is 0 Å². The minimum absolute atomic E-state index is 0.121. The molecule has 19 heavy (non-hydrogen) atoms. The monoisotopic (exact) mass is 293 g/mol. The fourth-order valence-corrected chi connectivity index (χ4v) is 3.13. The van der Waals surface area contributed by atoms with Gasteiger partial charge in [-0.1, -0.05) is 46.9 Å². The van der Waals surface area contributed by atoms with Crippen LogP contribution in [0.4, 0.5) is 5.13 Å². The standard InChI is InChI=1S/C13H15N3OS2/c1-9-5-4-6-10(7-9)11(17)8-18-13-15-14-12(19-13)16(2)3/h4-7H,8H2,1-3H3. The number of ketones is 1. The maximum atomic E-state index is 12.0. The molecule has 0 aliphatic heterocycles. The van der Waals surface area contributed by atoms with E-state index in [0.717, 1.165) is 20.6 Å². The lowest BCUT2D eigenvalue weighted by Gasteiger charge is -2.03. The van der Waals surface area contributed by atoms with Crippen LogP contribution in [0.1, 0.15) is 15.9 Å². The summed E-state index contributed by atoms with van der Waals surface area (Å²) in [7, 11) is 3.85. The van der Waals surface area contributed by atoms with Crippen molar-refractivity contribution in [1.82, 2.24) is 10.2 Å². The van der Waals surface area contributed by atoms with E-state index >= 15 is 0 Å². The van der Waals surface area contributed by atoms with Gasteiger partial charge in [-0.25, -0.2) is 0 Å². The maximum Gasteiger partial charge on any atom is 0.208 e. The maximum absolute atomic E-state index is 12.0. The Hall–Kier alpha value is -1.40. The summed E-state index contributed by atoms with van der Waals surface area (Å²) >= 11 is 2.93. The van der Waals surface area contributed by atoms with Gasteiger partial charge in [0, 0.05) is 19.7 Å². The van der Waals surface area contributed by atoms with Gasteiger partial charge in [-0.3, -0.25) is 4.79 Å². The van der Waals surface area contributed by atoms with Crippen molar-refractivity contribution in [3.8, 4) is 0 Å². The fourth-order valence-electron chi connectivity index (χ4n) is 1.47. The van der Waals surface area contributed by atoms with Gasteiger partial charge in [0.25, 0.3) is 0 Å². The average molecular weight is 293 g/mol. The Morgan fingerprint density at radius 3 is 2.79 bits per heavy atom. The van der Waals surface area contributed by atoms with E-state index in [0.29, 0.717) is 5.75 Å². The van der Waals surface area contributed by atoms with Crippen molar-refractivity contribution in [2.24, 2.45) is 0 Å². The predicted molar refractivity (Wildman–Crippen MR) is 80.5 cm³/mol. The van der Waals surface area contributed by atoms with Crippen molar-refractivity contribution in [3.05, 3.63) is 35.4 Å². The third-order valence-electron chi connectivity index (χ3n) is 2.45. The van der Waals surface area contributed by atoms with Crippen molar-refractivity contribution in [3.63, 3.8) is 0 Å². The third kappa shape index (κ3) is 3.78. The number of carbonyl (C=O) groups excluding carboxylic acids is 1. The summed E-state index contributed by atoms with van der Waals surface area (Å²) in [6.07, 6.45) is 0. The number of aryl methyl sites for hydroxylation is 1. The van der Waals surface area contributed by atoms with E-state index < -0.39 is 0 Å². The molecule has 0 atom stereocenters. The molecule has 0 bridgehead atoms. The number of hydrogen-bond donors (Lipinski definition) is 0. The summed E-state index contributed by atoms with van der Waals surface area (Å²) in [5.41, 5.74) is 1.85. The molecule has 0 saturated heterocycles. The van der Waals surface area contributed by atoms with Crippen molar-refractivity contribution in [2.75, 3.05) is 24.7 Å². The van der Waals surface area contributed by atoms with Gasteiger partial charge >= 0.3 is 0 Å². The van der Waals surface area contributed by atoms with Crippen molar-refractivity contribution < 1.29 is 4.79 Å². The molecule has 0 unspecified atom stereocenters. The van der Waals surface area contributed by atoms with Crippen LogP contribution in [0.15, 0.2) is 28.6 Å². The molecule has 2 rings (SSSR count).